The number of carbonyl (C=O) groups is 1. The number of hydrogen-bond acceptors (Lipinski definition) is 3. The molecule has 4 nitrogen and oxygen atoms in total. The van der Waals surface area contributed by atoms with Gasteiger partial charge in [-0.2, -0.15) is 0 Å². The van der Waals surface area contributed by atoms with Crippen molar-refractivity contribution in [1.29, 1.82) is 0 Å². The predicted molar refractivity (Wildman–Crippen MR) is 70.4 cm³/mol. The maximum atomic E-state index is 12.2. The molecule has 1 aromatic rings. The molecular formula is C13H21N3O. The minimum atomic E-state index is 0.0691. The highest BCUT2D eigenvalue weighted by molar-refractivity contribution is 5.95. The molecule has 0 aliphatic heterocycles. The largest absolute Gasteiger partial charge is 0.370 e. The van der Waals surface area contributed by atoms with E-state index >= 15 is 0 Å². The lowest BCUT2D eigenvalue weighted by Crippen LogP contribution is -2.30. The van der Waals surface area contributed by atoms with Crippen LogP contribution in [-0.2, 0) is 0 Å². The van der Waals surface area contributed by atoms with E-state index in [1.165, 1.54) is 0 Å². The Hall–Kier alpha value is -1.58. The molecule has 1 amide bonds. The molecule has 1 N–H and O–H groups in total. The van der Waals surface area contributed by atoms with E-state index in [0.29, 0.717) is 5.56 Å². The molecule has 0 aromatic carbocycles. The van der Waals surface area contributed by atoms with Crippen molar-refractivity contribution in [3.8, 4) is 0 Å². The van der Waals surface area contributed by atoms with Gasteiger partial charge in [0.15, 0.2) is 0 Å². The lowest BCUT2D eigenvalue weighted by molar-refractivity contribution is 0.0773. The van der Waals surface area contributed by atoms with Crippen LogP contribution in [0.2, 0.25) is 0 Å². The SMILES string of the molecule is CCNc1cc(C(=O)N(CC)CC)cc(C)n1. The highest BCUT2D eigenvalue weighted by atomic mass is 16.2. The predicted octanol–water partition coefficient (Wildman–Crippen LogP) is 2.30. The van der Waals surface area contributed by atoms with Gasteiger partial charge in [-0.3, -0.25) is 4.79 Å². The maximum Gasteiger partial charge on any atom is 0.254 e. The second kappa shape index (κ2) is 6.23. The van der Waals surface area contributed by atoms with Gasteiger partial charge < -0.3 is 10.2 Å². The molecule has 1 aromatic heterocycles. The van der Waals surface area contributed by atoms with Crippen LogP contribution in [0.25, 0.3) is 0 Å². The van der Waals surface area contributed by atoms with Crippen LogP contribution in [0.5, 0.6) is 0 Å². The van der Waals surface area contributed by atoms with Gasteiger partial charge in [-0.05, 0) is 39.8 Å². The van der Waals surface area contributed by atoms with Crippen LogP contribution in [0.1, 0.15) is 36.8 Å². The molecule has 0 saturated heterocycles. The van der Waals surface area contributed by atoms with Crippen LogP contribution in [0.15, 0.2) is 12.1 Å². The highest BCUT2D eigenvalue weighted by Crippen LogP contribution is 2.12. The fraction of sp³-hybridized carbons (Fsp3) is 0.538. The first-order valence-electron chi connectivity index (χ1n) is 6.14. The molecule has 0 atom stereocenters. The van der Waals surface area contributed by atoms with Crippen molar-refractivity contribution in [3.63, 3.8) is 0 Å². The minimum Gasteiger partial charge on any atom is -0.370 e. The summed E-state index contributed by atoms with van der Waals surface area (Å²) in [5, 5.41) is 3.14. The number of anilines is 1. The van der Waals surface area contributed by atoms with Crippen molar-refractivity contribution in [2.75, 3.05) is 25.0 Å². The summed E-state index contributed by atoms with van der Waals surface area (Å²) < 4.78 is 0. The van der Waals surface area contributed by atoms with Crippen LogP contribution in [0.4, 0.5) is 5.82 Å². The van der Waals surface area contributed by atoms with E-state index in [0.717, 1.165) is 31.1 Å². The Balaban J connectivity index is 3.00. The third kappa shape index (κ3) is 3.44. The van der Waals surface area contributed by atoms with Crippen LogP contribution >= 0.6 is 0 Å². The molecule has 0 unspecified atom stereocenters. The van der Waals surface area contributed by atoms with Crippen LogP contribution in [-0.4, -0.2) is 35.4 Å². The number of carbonyl (C=O) groups excluding carboxylic acids is 1. The zero-order chi connectivity index (χ0) is 12.8. The molecule has 0 radical (unpaired) electrons. The zero-order valence-electron chi connectivity index (χ0n) is 11.1. The number of nitrogens with zero attached hydrogens (tertiary/aromatic N) is 2. The average molecular weight is 235 g/mol. The van der Waals surface area contributed by atoms with Crippen molar-refractivity contribution in [3.05, 3.63) is 23.4 Å². The quantitative estimate of drug-likeness (QED) is 0.851. The summed E-state index contributed by atoms with van der Waals surface area (Å²) in [6.45, 7) is 10.1. The van der Waals surface area contributed by atoms with E-state index in [1.807, 2.05) is 44.7 Å². The lowest BCUT2D eigenvalue weighted by Gasteiger charge is -2.19. The first-order valence-corrected chi connectivity index (χ1v) is 6.14. The van der Waals surface area contributed by atoms with Gasteiger partial charge >= 0.3 is 0 Å². The second-order valence-electron chi connectivity index (χ2n) is 3.89. The monoisotopic (exact) mass is 235 g/mol. The van der Waals surface area contributed by atoms with E-state index in [-0.39, 0.29) is 5.91 Å². The van der Waals surface area contributed by atoms with Crippen molar-refractivity contribution < 1.29 is 4.79 Å². The van der Waals surface area contributed by atoms with E-state index in [9.17, 15) is 4.79 Å². The second-order valence-corrected chi connectivity index (χ2v) is 3.89. The Kier molecular flexibility index (Phi) is 4.94. The summed E-state index contributed by atoms with van der Waals surface area (Å²) in [5.74, 6) is 0.836. The van der Waals surface area contributed by atoms with E-state index in [2.05, 4.69) is 10.3 Å². The molecule has 0 bridgehead atoms. The van der Waals surface area contributed by atoms with E-state index < -0.39 is 0 Å². The van der Waals surface area contributed by atoms with Crippen molar-refractivity contribution >= 4 is 11.7 Å². The van der Waals surface area contributed by atoms with E-state index in [1.54, 1.807) is 0 Å². The van der Waals surface area contributed by atoms with Crippen LogP contribution < -0.4 is 5.32 Å². The standard InChI is InChI=1S/C13H21N3O/c1-5-14-12-9-11(8-10(4)15-12)13(17)16(6-2)7-3/h8-9H,5-7H2,1-4H3,(H,14,15). The Bertz CT molecular complexity index is 386. The number of nitrogens with one attached hydrogen (secondary N) is 1. The van der Waals surface area contributed by atoms with Gasteiger partial charge in [0.05, 0.1) is 0 Å². The third-order valence-electron chi connectivity index (χ3n) is 2.61. The summed E-state index contributed by atoms with van der Waals surface area (Å²) in [7, 11) is 0. The number of hydrogen-bond donors (Lipinski definition) is 1. The molecule has 17 heavy (non-hydrogen) atoms. The first-order chi connectivity index (χ1) is 8.12. The fourth-order valence-electron chi connectivity index (χ4n) is 1.76. The molecule has 0 aliphatic rings. The summed E-state index contributed by atoms with van der Waals surface area (Å²) in [6, 6.07) is 3.65. The zero-order valence-corrected chi connectivity index (χ0v) is 11.1. The Labute approximate surface area is 103 Å². The number of rotatable bonds is 5. The molecule has 0 fully saturated rings. The Morgan fingerprint density at radius 3 is 2.47 bits per heavy atom. The smallest absolute Gasteiger partial charge is 0.254 e. The van der Waals surface area contributed by atoms with Crippen molar-refractivity contribution in [2.45, 2.75) is 27.7 Å². The van der Waals surface area contributed by atoms with Gasteiger partial charge in [0.2, 0.25) is 0 Å². The van der Waals surface area contributed by atoms with Gasteiger partial charge in [0.1, 0.15) is 5.82 Å². The van der Waals surface area contributed by atoms with Gasteiger partial charge in [0.25, 0.3) is 5.91 Å². The highest BCUT2D eigenvalue weighted by Gasteiger charge is 2.13. The number of aromatic nitrogens is 1. The molecule has 1 heterocycles. The first kappa shape index (κ1) is 13.5. The number of amides is 1. The minimum absolute atomic E-state index is 0.0691. The lowest BCUT2D eigenvalue weighted by atomic mass is 10.2. The van der Waals surface area contributed by atoms with Crippen LogP contribution in [0.3, 0.4) is 0 Å². The fourth-order valence-corrected chi connectivity index (χ4v) is 1.76. The normalized spacial score (nSPS) is 10.1. The summed E-state index contributed by atoms with van der Waals surface area (Å²) in [5.41, 5.74) is 1.57. The topological polar surface area (TPSA) is 45.2 Å². The summed E-state index contributed by atoms with van der Waals surface area (Å²) in [6.07, 6.45) is 0. The Morgan fingerprint density at radius 1 is 1.29 bits per heavy atom. The number of aryl methyl sites for hydroxylation is 1. The number of pyridine rings is 1. The summed E-state index contributed by atoms with van der Waals surface area (Å²) >= 11 is 0. The molecule has 0 aliphatic carbocycles. The average Bonchev–Trinajstić information content (AvgIpc) is 2.30. The van der Waals surface area contributed by atoms with Crippen molar-refractivity contribution in [1.82, 2.24) is 9.88 Å². The van der Waals surface area contributed by atoms with Gasteiger partial charge in [-0.1, -0.05) is 0 Å². The molecule has 0 spiro atoms. The van der Waals surface area contributed by atoms with Crippen LogP contribution in [0, 0.1) is 6.92 Å². The molecular weight excluding hydrogens is 214 g/mol. The Morgan fingerprint density at radius 2 is 1.94 bits per heavy atom. The summed E-state index contributed by atoms with van der Waals surface area (Å²) in [4.78, 5) is 18.3. The molecule has 4 heteroatoms. The van der Waals surface area contributed by atoms with E-state index in [4.69, 9.17) is 0 Å². The van der Waals surface area contributed by atoms with Gasteiger partial charge in [-0.15, -0.1) is 0 Å². The van der Waals surface area contributed by atoms with Gasteiger partial charge in [0, 0.05) is 30.9 Å². The van der Waals surface area contributed by atoms with Crippen molar-refractivity contribution in [2.24, 2.45) is 0 Å². The van der Waals surface area contributed by atoms with Gasteiger partial charge in [-0.25, -0.2) is 4.98 Å². The molecule has 94 valence electrons. The molecule has 1 rings (SSSR count). The molecule has 0 saturated carbocycles. The third-order valence-corrected chi connectivity index (χ3v) is 2.61. The maximum absolute atomic E-state index is 12.2.